The summed E-state index contributed by atoms with van der Waals surface area (Å²) in [4.78, 5) is 23.5. The van der Waals surface area contributed by atoms with E-state index in [1.807, 2.05) is 11.0 Å². The minimum Gasteiger partial charge on any atom is -0.461 e. The minimum absolute atomic E-state index is 0.117. The van der Waals surface area contributed by atoms with Crippen LogP contribution in [0.3, 0.4) is 0 Å². The number of rotatable bonds is 6. The number of hydrogen-bond donors (Lipinski definition) is 0. The predicted octanol–water partition coefficient (Wildman–Crippen LogP) is 4.88. The Bertz CT molecular complexity index is 1540. The van der Waals surface area contributed by atoms with Crippen LogP contribution in [-0.4, -0.2) is 61.2 Å². The number of halogens is 2. The number of carbonyl (C=O) groups excluding carboxylic acids is 1. The van der Waals surface area contributed by atoms with Crippen molar-refractivity contribution in [1.29, 1.82) is 0 Å². The summed E-state index contributed by atoms with van der Waals surface area (Å²) < 4.78 is 59.1. The maximum absolute atomic E-state index is 14.4. The summed E-state index contributed by atoms with van der Waals surface area (Å²) in [6.45, 7) is 2.84. The summed E-state index contributed by atoms with van der Waals surface area (Å²) >= 11 is 0. The highest BCUT2D eigenvalue weighted by Gasteiger charge is 2.29. The number of ether oxygens (including phenoxy) is 1. The van der Waals surface area contributed by atoms with Crippen molar-refractivity contribution < 1.29 is 26.7 Å². The van der Waals surface area contributed by atoms with Gasteiger partial charge in [0.1, 0.15) is 5.52 Å². The zero-order chi connectivity index (χ0) is 27.0. The van der Waals surface area contributed by atoms with E-state index >= 15 is 0 Å². The van der Waals surface area contributed by atoms with E-state index in [0.29, 0.717) is 47.4 Å². The molecule has 0 radical (unpaired) electrons. The number of nitrogens with zero attached hydrogens (tertiary/aromatic N) is 4. The number of carbonyl (C=O) groups is 1. The van der Waals surface area contributed by atoms with Crippen LogP contribution in [0, 0.1) is 0 Å². The second kappa shape index (κ2) is 10.4. The molecule has 0 unspecified atom stereocenters. The Labute approximate surface area is 220 Å². The number of alkyl halides is 2. The van der Waals surface area contributed by atoms with Gasteiger partial charge in [-0.2, -0.15) is 4.31 Å². The lowest BCUT2D eigenvalue weighted by molar-refractivity contribution is 0.0519. The van der Waals surface area contributed by atoms with Crippen molar-refractivity contribution in [1.82, 2.24) is 14.3 Å². The molecule has 0 bridgehead atoms. The van der Waals surface area contributed by atoms with Crippen molar-refractivity contribution in [3.8, 4) is 0 Å². The van der Waals surface area contributed by atoms with Crippen LogP contribution in [0.15, 0.2) is 42.6 Å². The van der Waals surface area contributed by atoms with E-state index in [2.05, 4.69) is 9.97 Å². The van der Waals surface area contributed by atoms with Crippen LogP contribution in [0.1, 0.15) is 53.4 Å². The second-order valence-electron chi connectivity index (χ2n) is 9.35. The van der Waals surface area contributed by atoms with E-state index in [-0.39, 0.29) is 31.0 Å². The summed E-state index contributed by atoms with van der Waals surface area (Å²) in [5.41, 5.74) is 3.22. The number of pyridine rings is 2. The molecule has 4 heterocycles. The molecular weight excluding hydrogens is 514 g/mol. The highest BCUT2D eigenvalue weighted by Crippen LogP contribution is 2.42. The maximum Gasteiger partial charge on any atom is 0.357 e. The van der Waals surface area contributed by atoms with Crippen molar-refractivity contribution in [3.05, 3.63) is 65.0 Å². The van der Waals surface area contributed by atoms with E-state index < -0.39 is 22.4 Å². The molecule has 8 nitrogen and oxygen atoms in total. The first-order chi connectivity index (χ1) is 18.2. The van der Waals surface area contributed by atoms with Gasteiger partial charge >= 0.3 is 5.97 Å². The lowest BCUT2D eigenvalue weighted by atomic mass is 9.89. The maximum atomic E-state index is 14.4. The molecule has 0 saturated carbocycles. The van der Waals surface area contributed by atoms with Crippen molar-refractivity contribution in [2.45, 2.75) is 32.6 Å². The van der Waals surface area contributed by atoms with E-state index in [0.717, 1.165) is 23.8 Å². The van der Waals surface area contributed by atoms with Crippen molar-refractivity contribution in [2.24, 2.45) is 0 Å². The minimum atomic E-state index is -3.35. The van der Waals surface area contributed by atoms with Gasteiger partial charge in [0.05, 0.1) is 12.9 Å². The summed E-state index contributed by atoms with van der Waals surface area (Å²) in [7, 11) is -3.35. The number of aryl methyl sites for hydroxylation is 1. The number of fused-ring (bicyclic) bond motifs is 2. The lowest BCUT2D eigenvalue weighted by Gasteiger charge is -2.33. The first-order valence-electron chi connectivity index (χ1n) is 12.5. The Morgan fingerprint density at radius 2 is 2.00 bits per heavy atom. The predicted molar refractivity (Wildman–Crippen MR) is 141 cm³/mol. The third-order valence-electron chi connectivity index (χ3n) is 6.90. The molecule has 11 heteroatoms. The largest absolute Gasteiger partial charge is 0.461 e. The summed E-state index contributed by atoms with van der Waals surface area (Å²) in [5, 5.41) is 0.696. The summed E-state index contributed by atoms with van der Waals surface area (Å²) in [5.74, 6) is -0.145. The van der Waals surface area contributed by atoms with Crippen molar-refractivity contribution in [3.63, 3.8) is 0 Å². The van der Waals surface area contributed by atoms with E-state index in [1.54, 1.807) is 37.4 Å². The first kappa shape index (κ1) is 26.2. The molecule has 38 heavy (non-hydrogen) atoms. The zero-order valence-corrected chi connectivity index (χ0v) is 22.0. The first-order valence-corrected chi connectivity index (χ1v) is 14.3. The number of anilines is 2. The standard InChI is InChI=1S/C27H28F2N4O4S/c1-3-37-27(34)22-15-19-6-4-10-30-24(19)26(31-22)33-11-5-7-18-14-20(21(25(28)29)16-23(18)33)17-8-12-32(13-9-17)38(2,35)36/h4,6,8,10,14-16,25H,3,5,7,9,11-13H2,1-2H3. The van der Waals surface area contributed by atoms with Crippen LogP contribution in [0.25, 0.3) is 16.5 Å². The Kier molecular flexibility index (Phi) is 7.15. The van der Waals surface area contributed by atoms with Gasteiger partial charge in [-0.1, -0.05) is 12.1 Å². The van der Waals surface area contributed by atoms with Gasteiger partial charge in [0.2, 0.25) is 10.0 Å². The van der Waals surface area contributed by atoms with Crippen molar-refractivity contribution >= 4 is 44.0 Å². The van der Waals surface area contributed by atoms with Crippen LogP contribution in [0.4, 0.5) is 20.3 Å². The summed E-state index contributed by atoms with van der Waals surface area (Å²) in [6, 6.07) is 8.51. The van der Waals surface area contributed by atoms with E-state index in [1.165, 1.54) is 10.4 Å². The van der Waals surface area contributed by atoms with E-state index in [4.69, 9.17) is 4.74 Å². The van der Waals surface area contributed by atoms with Crippen LogP contribution >= 0.6 is 0 Å². The third-order valence-corrected chi connectivity index (χ3v) is 8.17. The van der Waals surface area contributed by atoms with Crippen LogP contribution in [0.5, 0.6) is 0 Å². The van der Waals surface area contributed by atoms with Gasteiger partial charge in [0.25, 0.3) is 6.43 Å². The van der Waals surface area contributed by atoms with Crippen LogP contribution in [-0.2, 0) is 21.2 Å². The molecule has 0 aliphatic carbocycles. The van der Waals surface area contributed by atoms with Gasteiger partial charge in [0.15, 0.2) is 11.5 Å². The van der Waals surface area contributed by atoms with E-state index in [9.17, 15) is 22.0 Å². The van der Waals surface area contributed by atoms with Gasteiger partial charge in [-0.15, -0.1) is 0 Å². The smallest absolute Gasteiger partial charge is 0.357 e. The Hall–Kier alpha value is -3.44. The normalized spacial score (nSPS) is 16.4. The molecule has 0 saturated heterocycles. The molecule has 0 fully saturated rings. The topological polar surface area (TPSA) is 92.7 Å². The highest BCUT2D eigenvalue weighted by molar-refractivity contribution is 7.88. The lowest BCUT2D eigenvalue weighted by Crippen LogP contribution is -2.33. The van der Waals surface area contributed by atoms with Gasteiger partial charge in [-0.25, -0.2) is 27.0 Å². The van der Waals surface area contributed by atoms with Crippen LogP contribution in [0.2, 0.25) is 0 Å². The number of sulfonamides is 1. The van der Waals surface area contributed by atoms with Gasteiger partial charge < -0.3 is 9.64 Å². The fourth-order valence-corrected chi connectivity index (χ4v) is 5.86. The zero-order valence-electron chi connectivity index (χ0n) is 21.2. The van der Waals surface area contributed by atoms with Gasteiger partial charge in [-0.3, -0.25) is 4.98 Å². The number of benzene rings is 1. The number of esters is 1. The Morgan fingerprint density at radius 1 is 1.18 bits per heavy atom. The SMILES string of the molecule is CCOC(=O)c1cc2cccnc2c(N2CCCc3cc(C4=CCN(S(C)(=O)=O)CC4)c(C(F)F)cc32)n1. The van der Waals surface area contributed by atoms with Crippen molar-refractivity contribution in [2.75, 3.05) is 37.4 Å². The fourth-order valence-electron chi connectivity index (χ4n) is 5.09. The highest BCUT2D eigenvalue weighted by atomic mass is 32.2. The molecule has 200 valence electrons. The Morgan fingerprint density at radius 3 is 2.68 bits per heavy atom. The molecule has 2 aromatic heterocycles. The monoisotopic (exact) mass is 542 g/mol. The molecule has 5 rings (SSSR count). The quantitative estimate of drug-likeness (QED) is 0.410. The molecule has 0 N–H and O–H groups in total. The molecule has 2 aliphatic rings. The average Bonchev–Trinajstić information content (AvgIpc) is 2.91. The Balaban J connectivity index is 1.62. The van der Waals surface area contributed by atoms with Gasteiger partial charge in [0, 0.05) is 42.5 Å². The van der Waals surface area contributed by atoms with Crippen LogP contribution < -0.4 is 4.90 Å². The summed E-state index contributed by atoms with van der Waals surface area (Å²) in [6.07, 6.45) is 3.56. The molecule has 3 aromatic rings. The average molecular weight is 543 g/mol. The number of hydrogen-bond acceptors (Lipinski definition) is 7. The fraction of sp³-hybridized carbons (Fsp3) is 0.370. The molecular formula is C27H28F2N4O4S. The molecule has 0 spiro atoms. The molecule has 0 atom stereocenters. The molecule has 0 amide bonds. The number of aromatic nitrogens is 2. The third kappa shape index (κ3) is 5.00. The second-order valence-corrected chi connectivity index (χ2v) is 11.3. The van der Waals surface area contributed by atoms with Gasteiger partial charge in [-0.05, 0) is 67.2 Å². The molecule has 1 aromatic carbocycles. The molecule has 2 aliphatic heterocycles.